The van der Waals surface area contributed by atoms with E-state index in [2.05, 4.69) is 15.6 Å². The lowest BCUT2D eigenvalue weighted by molar-refractivity contribution is 0.102. The van der Waals surface area contributed by atoms with Crippen molar-refractivity contribution in [1.29, 1.82) is 0 Å². The van der Waals surface area contributed by atoms with E-state index in [1.54, 1.807) is 6.07 Å². The van der Waals surface area contributed by atoms with Crippen LogP contribution in [-0.4, -0.2) is 10.9 Å². The average Bonchev–Trinajstić information content (AvgIpc) is 2.57. The van der Waals surface area contributed by atoms with E-state index in [0.29, 0.717) is 11.4 Å². The average molecular weight is 353 g/mol. The van der Waals surface area contributed by atoms with Gasteiger partial charge in [-0.2, -0.15) is 0 Å². The molecular formula is C20H17F2N3O. The van der Waals surface area contributed by atoms with Gasteiger partial charge in [-0.15, -0.1) is 0 Å². The third-order valence-corrected chi connectivity index (χ3v) is 3.69. The van der Waals surface area contributed by atoms with Crippen molar-refractivity contribution in [3.63, 3.8) is 0 Å². The van der Waals surface area contributed by atoms with E-state index in [0.717, 1.165) is 23.3 Å². The summed E-state index contributed by atoms with van der Waals surface area (Å²) in [5.41, 5.74) is 3.64. The van der Waals surface area contributed by atoms with E-state index in [1.165, 1.54) is 18.3 Å². The highest BCUT2D eigenvalue weighted by Crippen LogP contribution is 2.20. The number of aromatic nitrogens is 1. The minimum absolute atomic E-state index is 0.126. The zero-order chi connectivity index (χ0) is 18.7. The number of carbonyl (C=O) groups is 1. The number of pyridine rings is 1. The van der Waals surface area contributed by atoms with E-state index in [4.69, 9.17) is 0 Å². The monoisotopic (exact) mass is 353 g/mol. The molecule has 0 aliphatic carbocycles. The summed E-state index contributed by atoms with van der Waals surface area (Å²) in [4.78, 5) is 16.4. The van der Waals surface area contributed by atoms with E-state index < -0.39 is 11.6 Å². The summed E-state index contributed by atoms with van der Waals surface area (Å²) < 4.78 is 26.6. The first-order valence-electron chi connectivity index (χ1n) is 7.98. The van der Waals surface area contributed by atoms with Gasteiger partial charge in [-0.05, 0) is 61.4 Å². The van der Waals surface area contributed by atoms with Crippen LogP contribution in [0.25, 0.3) is 0 Å². The normalized spacial score (nSPS) is 10.5. The quantitative estimate of drug-likeness (QED) is 0.696. The van der Waals surface area contributed by atoms with Crippen LogP contribution >= 0.6 is 0 Å². The van der Waals surface area contributed by atoms with Gasteiger partial charge in [0.2, 0.25) is 0 Å². The van der Waals surface area contributed by atoms with Gasteiger partial charge in [0, 0.05) is 11.8 Å². The topological polar surface area (TPSA) is 54.0 Å². The molecule has 0 fully saturated rings. The minimum atomic E-state index is -0.707. The van der Waals surface area contributed by atoms with E-state index in [-0.39, 0.29) is 17.3 Å². The molecule has 0 bridgehead atoms. The van der Waals surface area contributed by atoms with Crippen molar-refractivity contribution < 1.29 is 13.6 Å². The van der Waals surface area contributed by atoms with Crippen molar-refractivity contribution in [2.75, 3.05) is 10.6 Å². The van der Waals surface area contributed by atoms with Crippen LogP contribution < -0.4 is 10.6 Å². The number of amides is 1. The Hall–Kier alpha value is -3.28. The molecule has 1 aromatic heterocycles. The molecule has 0 aliphatic heterocycles. The molecule has 6 heteroatoms. The van der Waals surface area contributed by atoms with Gasteiger partial charge in [-0.25, -0.2) is 13.8 Å². The molecule has 26 heavy (non-hydrogen) atoms. The van der Waals surface area contributed by atoms with Gasteiger partial charge in [0.1, 0.15) is 17.3 Å². The molecule has 1 amide bonds. The third-order valence-electron chi connectivity index (χ3n) is 3.69. The molecule has 4 nitrogen and oxygen atoms in total. The summed E-state index contributed by atoms with van der Waals surface area (Å²) in [5.74, 6) is -1.69. The van der Waals surface area contributed by atoms with Crippen molar-refractivity contribution in [1.82, 2.24) is 4.98 Å². The number of benzene rings is 2. The highest BCUT2D eigenvalue weighted by atomic mass is 19.1. The lowest BCUT2D eigenvalue weighted by Gasteiger charge is -2.09. The van der Waals surface area contributed by atoms with Crippen LogP contribution in [0.2, 0.25) is 0 Å². The first-order valence-corrected chi connectivity index (χ1v) is 7.98. The fourth-order valence-corrected chi connectivity index (χ4v) is 2.59. The summed E-state index contributed by atoms with van der Waals surface area (Å²) in [6.07, 6.45) is 1.42. The molecule has 2 N–H and O–H groups in total. The van der Waals surface area contributed by atoms with Crippen molar-refractivity contribution in [2.24, 2.45) is 0 Å². The van der Waals surface area contributed by atoms with Crippen LogP contribution in [0.15, 0.2) is 54.7 Å². The maximum Gasteiger partial charge on any atom is 0.274 e. The summed E-state index contributed by atoms with van der Waals surface area (Å²) in [7, 11) is 0. The van der Waals surface area contributed by atoms with Crippen LogP contribution in [0.1, 0.15) is 21.6 Å². The number of nitrogens with one attached hydrogen (secondary N) is 2. The lowest BCUT2D eigenvalue weighted by atomic mass is 10.1. The van der Waals surface area contributed by atoms with E-state index >= 15 is 0 Å². The maximum absolute atomic E-state index is 13.7. The predicted octanol–water partition coefficient (Wildman–Crippen LogP) is 4.97. The van der Waals surface area contributed by atoms with Gasteiger partial charge in [0.25, 0.3) is 5.91 Å². The zero-order valence-corrected chi connectivity index (χ0v) is 14.3. The van der Waals surface area contributed by atoms with Crippen molar-refractivity contribution in [3.05, 3.63) is 83.2 Å². The van der Waals surface area contributed by atoms with Gasteiger partial charge in [-0.3, -0.25) is 4.79 Å². The number of hydrogen-bond donors (Lipinski definition) is 2. The predicted molar refractivity (Wildman–Crippen MR) is 97.7 cm³/mol. The maximum atomic E-state index is 13.7. The van der Waals surface area contributed by atoms with Crippen LogP contribution in [0, 0.1) is 25.5 Å². The molecule has 0 aliphatic rings. The molecule has 0 unspecified atom stereocenters. The van der Waals surface area contributed by atoms with Crippen molar-refractivity contribution in [2.45, 2.75) is 13.8 Å². The van der Waals surface area contributed by atoms with E-state index in [9.17, 15) is 13.6 Å². The largest absolute Gasteiger partial charge is 0.352 e. The molecule has 0 radical (unpaired) electrons. The van der Waals surface area contributed by atoms with Gasteiger partial charge in [-0.1, -0.05) is 6.07 Å². The molecule has 3 rings (SSSR count). The number of nitrogens with zero attached hydrogens (tertiary/aromatic N) is 1. The Kier molecular flexibility index (Phi) is 4.93. The Labute approximate surface area is 149 Å². The first kappa shape index (κ1) is 17.5. The Morgan fingerprint density at radius 2 is 1.65 bits per heavy atom. The molecule has 0 spiro atoms. The van der Waals surface area contributed by atoms with Gasteiger partial charge < -0.3 is 10.6 Å². The second kappa shape index (κ2) is 7.31. The Balaban J connectivity index is 1.71. The second-order valence-electron chi connectivity index (χ2n) is 6.01. The fraction of sp³-hybridized carbons (Fsp3) is 0.100. The molecule has 0 saturated carbocycles. The molecule has 132 valence electrons. The van der Waals surface area contributed by atoms with Crippen molar-refractivity contribution in [3.8, 4) is 0 Å². The fourth-order valence-electron chi connectivity index (χ4n) is 2.59. The number of aryl methyl sites for hydroxylation is 2. The van der Waals surface area contributed by atoms with E-state index in [1.807, 2.05) is 32.0 Å². The molecule has 0 atom stereocenters. The number of hydrogen-bond acceptors (Lipinski definition) is 3. The Bertz CT molecular complexity index is 936. The van der Waals surface area contributed by atoms with Crippen molar-refractivity contribution >= 4 is 23.0 Å². The van der Waals surface area contributed by atoms with Crippen LogP contribution in [-0.2, 0) is 0 Å². The van der Waals surface area contributed by atoms with Gasteiger partial charge >= 0.3 is 0 Å². The molecule has 2 aromatic carbocycles. The van der Waals surface area contributed by atoms with Crippen LogP contribution in [0.4, 0.5) is 25.8 Å². The second-order valence-corrected chi connectivity index (χ2v) is 6.01. The zero-order valence-electron chi connectivity index (χ0n) is 14.3. The van der Waals surface area contributed by atoms with Crippen LogP contribution in [0.3, 0.4) is 0 Å². The summed E-state index contributed by atoms with van der Waals surface area (Å²) in [6, 6.07) is 12.1. The first-order chi connectivity index (χ1) is 12.4. The molecule has 0 saturated heterocycles. The molecule has 3 aromatic rings. The third kappa shape index (κ3) is 4.22. The number of halogens is 2. The molecular weight excluding hydrogens is 336 g/mol. The number of carbonyl (C=O) groups excluding carboxylic acids is 1. The summed E-state index contributed by atoms with van der Waals surface area (Å²) in [5, 5.41) is 5.60. The Morgan fingerprint density at radius 3 is 2.27 bits per heavy atom. The SMILES string of the molecule is Cc1cc(C)cc(NC(=O)c2ccc(Nc3ccc(F)cc3F)cn2)c1. The highest BCUT2D eigenvalue weighted by Gasteiger charge is 2.09. The van der Waals surface area contributed by atoms with Crippen LogP contribution in [0.5, 0.6) is 0 Å². The lowest BCUT2D eigenvalue weighted by Crippen LogP contribution is -2.13. The number of rotatable bonds is 4. The highest BCUT2D eigenvalue weighted by molar-refractivity contribution is 6.03. The van der Waals surface area contributed by atoms with Gasteiger partial charge in [0.05, 0.1) is 17.6 Å². The Morgan fingerprint density at radius 1 is 0.923 bits per heavy atom. The summed E-state index contributed by atoms with van der Waals surface area (Å²) >= 11 is 0. The standard InChI is InChI=1S/C20H17F2N3O/c1-12-7-13(2)9-16(8-12)25-20(26)19-6-4-15(11-23-19)24-18-5-3-14(21)10-17(18)22/h3-11,24H,1-2H3,(H,25,26). The minimum Gasteiger partial charge on any atom is -0.352 e. The number of anilines is 3. The summed E-state index contributed by atoms with van der Waals surface area (Å²) in [6.45, 7) is 3.91. The van der Waals surface area contributed by atoms with Gasteiger partial charge in [0.15, 0.2) is 0 Å². The smallest absolute Gasteiger partial charge is 0.274 e. The molecule has 1 heterocycles.